The first kappa shape index (κ1) is 10.2. The SMILES string of the molecule is F.O=S(=O)(O)CCl. The topological polar surface area (TPSA) is 54.4 Å². The van der Waals surface area contributed by atoms with Gasteiger partial charge in [0.15, 0.2) is 0 Å². The molecule has 0 atom stereocenters. The Bertz CT molecular complexity index is 117. The van der Waals surface area contributed by atoms with Gasteiger partial charge in [0.2, 0.25) is 0 Å². The lowest BCUT2D eigenvalue weighted by atomic mass is 11.9. The van der Waals surface area contributed by atoms with Crippen molar-refractivity contribution in [2.24, 2.45) is 0 Å². The Morgan fingerprint density at radius 1 is 1.57 bits per heavy atom. The number of rotatable bonds is 1. The normalized spacial score (nSPS) is 10.0. The van der Waals surface area contributed by atoms with E-state index < -0.39 is 15.3 Å². The second-order valence-corrected chi connectivity index (χ2v) is 2.73. The van der Waals surface area contributed by atoms with E-state index in [9.17, 15) is 8.42 Å². The van der Waals surface area contributed by atoms with Crippen molar-refractivity contribution in [3.05, 3.63) is 0 Å². The van der Waals surface area contributed by atoms with Gasteiger partial charge in [0.1, 0.15) is 5.21 Å². The first-order chi connectivity index (χ1) is 2.56. The van der Waals surface area contributed by atoms with Crippen molar-refractivity contribution in [1.82, 2.24) is 0 Å². The van der Waals surface area contributed by atoms with Crippen LogP contribution in [0.25, 0.3) is 0 Å². The van der Waals surface area contributed by atoms with Crippen LogP contribution in [0.4, 0.5) is 4.70 Å². The van der Waals surface area contributed by atoms with E-state index in [0.717, 1.165) is 0 Å². The fourth-order valence-corrected chi connectivity index (χ4v) is 0. The van der Waals surface area contributed by atoms with Gasteiger partial charge >= 0.3 is 0 Å². The Kier molecular flexibility index (Phi) is 4.62. The molecule has 0 spiro atoms. The van der Waals surface area contributed by atoms with E-state index >= 15 is 0 Å². The molecule has 0 heterocycles. The van der Waals surface area contributed by atoms with Gasteiger partial charge in [-0.3, -0.25) is 9.26 Å². The van der Waals surface area contributed by atoms with E-state index in [-0.39, 0.29) is 4.70 Å². The Labute approximate surface area is 45.4 Å². The number of alkyl halides is 1. The molecule has 0 aliphatic rings. The zero-order chi connectivity index (χ0) is 5.21. The fourth-order valence-electron chi connectivity index (χ4n) is 0. The van der Waals surface area contributed by atoms with E-state index in [1.54, 1.807) is 0 Å². The van der Waals surface area contributed by atoms with Gasteiger partial charge in [-0.2, -0.15) is 8.42 Å². The predicted molar refractivity (Wildman–Crippen MR) is 24.8 cm³/mol. The standard InChI is InChI=1S/CH3ClO3S.FH/c2-1-6(3,4)5;/h1H2,(H,3,4,5);1H. The van der Waals surface area contributed by atoms with Crippen LogP contribution in [0.1, 0.15) is 0 Å². The molecule has 0 fully saturated rings. The Balaban J connectivity index is 0. The first-order valence-electron chi connectivity index (χ1n) is 1.07. The van der Waals surface area contributed by atoms with Crippen molar-refractivity contribution >= 4 is 21.7 Å². The van der Waals surface area contributed by atoms with Gasteiger partial charge in [-0.05, 0) is 0 Å². The lowest BCUT2D eigenvalue weighted by molar-refractivity contribution is 0.488. The molecule has 0 aromatic heterocycles. The Morgan fingerprint density at radius 3 is 1.71 bits per heavy atom. The van der Waals surface area contributed by atoms with Gasteiger partial charge in [-0.25, -0.2) is 0 Å². The molecule has 1 N–H and O–H groups in total. The van der Waals surface area contributed by atoms with Crippen molar-refractivity contribution in [3.8, 4) is 0 Å². The predicted octanol–water partition coefficient (Wildman–Crippen LogP) is 0.223. The van der Waals surface area contributed by atoms with E-state index in [1.807, 2.05) is 0 Å². The molecule has 0 radical (unpaired) electrons. The van der Waals surface area contributed by atoms with Crippen LogP contribution in [-0.4, -0.2) is 18.2 Å². The molecule has 0 bridgehead atoms. The molecule has 6 heteroatoms. The quantitative estimate of drug-likeness (QED) is 0.430. The lowest BCUT2D eigenvalue weighted by Crippen LogP contribution is -1.95. The lowest BCUT2D eigenvalue weighted by Gasteiger charge is -1.78. The summed E-state index contributed by atoms with van der Waals surface area (Å²) < 4.78 is 26.5. The van der Waals surface area contributed by atoms with E-state index in [0.29, 0.717) is 0 Å². The van der Waals surface area contributed by atoms with Crippen molar-refractivity contribution < 1.29 is 17.7 Å². The number of hydrogen-bond acceptors (Lipinski definition) is 2. The largest absolute Gasteiger partial charge is 0.285 e. The molecule has 0 unspecified atom stereocenters. The maximum Gasteiger partial charge on any atom is 0.279 e. The molecule has 0 saturated heterocycles. The minimum absolute atomic E-state index is 0. The minimum atomic E-state index is -3.90. The molecule has 3 nitrogen and oxygen atoms in total. The zero-order valence-electron chi connectivity index (χ0n) is 3.17. The molecule has 0 saturated carbocycles. The third-order valence-corrected chi connectivity index (χ3v) is 1.24. The highest BCUT2D eigenvalue weighted by atomic mass is 35.5. The minimum Gasteiger partial charge on any atom is -0.285 e. The molecule has 46 valence electrons. The fraction of sp³-hybridized carbons (Fsp3) is 1.00. The molecular formula is CH4ClFO3S. The summed E-state index contributed by atoms with van der Waals surface area (Å²) >= 11 is 4.64. The Morgan fingerprint density at radius 2 is 1.71 bits per heavy atom. The van der Waals surface area contributed by atoms with E-state index in [4.69, 9.17) is 4.55 Å². The Hall–Kier alpha value is 0.130. The molecule has 7 heavy (non-hydrogen) atoms. The average molecular weight is 151 g/mol. The highest BCUT2D eigenvalue weighted by Crippen LogP contribution is 1.82. The van der Waals surface area contributed by atoms with Gasteiger partial charge in [0.25, 0.3) is 10.1 Å². The summed E-state index contributed by atoms with van der Waals surface area (Å²) in [5.74, 6) is 0. The van der Waals surface area contributed by atoms with Crippen molar-refractivity contribution in [2.75, 3.05) is 5.21 Å². The highest BCUT2D eigenvalue weighted by molar-refractivity contribution is 7.87. The van der Waals surface area contributed by atoms with Gasteiger partial charge in [0.05, 0.1) is 0 Å². The molecule has 0 aromatic rings. The third kappa shape index (κ3) is 10.7. The van der Waals surface area contributed by atoms with Crippen LogP contribution in [0.5, 0.6) is 0 Å². The molecule has 0 aliphatic carbocycles. The summed E-state index contributed by atoms with van der Waals surface area (Å²) in [5.41, 5.74) is 0. The summed E-state index contributed by atoms with van der Waals surface area (Å²) in [6.07, 6.45) is 0. The summed E-state index contributed by atoms with van der Waals surface area (Å²) in [6, 6.07) is 0. The van der Waals surface area contributed by atoms with Crippen LogP contribution in [0.3, 0.4) is 0 Å². The van der Waals surface area contributed by atoms with Gasteiger partial charge < -0.3 is 0 Å². The number of hydrogen-bond donors (Lipinski definition) is 1. The smallest absolute Gasteiger partial charge is 0.279 e. The van der Waals surface area contributed by atoms with E-state index in [1.165, 1.54) is 0 Å². The molecule has 0 amide bonds. The van der Waals surface area contributed by atoms with Crippen LogP contribution < -0.4 is 0 Å². The average Bonchev–Trinajstić information content (AvgIpc) is 1.35. The molecule has 0 aromatic carbocycles. The van der Waals surface area contributed by atoms with Crippen molar-refractivity contribution in [3.63, 3.8) is 0 Å². The van der Waals surface area contributed by atoms with Gasteiger partial charge in [-0.15, -0.1) is 11.6 Å². The monoisotopic (exact) mass is 150 g/mol. The molecular weight excluding hydrogens is 147 g/mol. The van der Waals surface area contributed by atoms with Crippen LogP contribution >= 0.6 is 11.6 Å². The maximum absolute atomic E-state index is 9.42. The van der Waals surface area contributed by atoms with Crippen LogP contribution in [-0.2, 0) is 10.1 Å². The van der Waals surface area contributed by atoms with Crippen molar-refractivity contribution in [1.29, 1.82) is 0 Å². The summed E-state index contributed by atoms with van der Waals surface area (Å²) in [6.45, 7) is 0. The first-order valence-corrected chi connectivity index (χ1v) is 3.22. The van der Waals surface area contributed by atoms with Gasteiger partial charge in [-0.1, -0.05) is 0 Å². The van der Waals surface area contributed by atoms with Crippen LogP contribution in [0, 0.1) is 0 Å². The highest BCUT2D eigenvalue weighted by Gasteiger charge is 1.95. The summed E-state index contributed by atoms with van der Waals surface area (Å²) in [7, 11) is -3.90. The van der Waals surface area contributed by atoms with Crippen molar-refractivity contribution in [2.45, 2.75) is 0 Å². The van der Waals surface area contributed by atoms with Gasteiger partial charge in [0, 0.05) is 0 Å². The summed E-state index contributed by atoms with van der Waals surface area (Å²) in [5, 5.41) is -0.729. The van der Waals surface area contributed by atoms with E-state index in [2.05, 4.69) is 11.6 Å². The second-order valence-electron chi connectivity index (χ2n) is 0.691. The summed E-state index contributed by atoms with van der Waals surface area (Å²) in [4.78, 5) is 0. The number of halogens is 2. The maximum atomic E-state index is 9.42. The second kappa shape index (κ2) is 3.17. The molecule has 0 aliphatic heterocycles. The van der Waals surface area contributed by atoms with Crippen LogP contribution in [0.2, 0.25) is 0 Å². The third-order valence-electron chi connectivity index (χ3n) is 0.138. The molecule has 0 rings (SSSR count). The zero-order valence-corrected chi connectivity index (χ0v) is 4.74. The van der Waals surface area contributed by atoms with Crippen LogP contribution in [0.15, 0.2) is 0 Å².